The lowest BCUT2D eigenvalue weighted by Gasteiger charge is -2.26. The highest BCUT2D eigenvalue weighted by atomic mass is 16.2. The lowest BCUT2D eigenvalue weighted by Crippen LogP contribution is -2.41. The first-order valence-electron chi connectivity index (χ1n) is 6.00. The van der Waals surface area contributed by atoms with Crippen LogP contribution in [0.5, 0.6) is 0 Å². The van der Waals surface area contributed by atoms with Crippen LogP contribution in [0.2, 0.25) is 0 Å². The van der Waals surface area contributed by atoms with Crippen molar-refractivity contribution in [3.63, 3.8) is 0 Å². The number of H-pyrrole nitrogens is 1. The lowest BCUT2D eigenvalue weighted by molar-refractivity contribution is -0.135. The molecule has 17 heavy (non-hydrogen) atoms. The van der Waals surface area contributed by atoms with Gasteiger partial charge in [0.15, 0.2) is 5.82 Å². The topological polar surface area (TPSA) is 73.9 Å². The fraction of sp³-hybridized carbons (Fsp3) is 0.727. The van der Waals surface area contributed by atoms with Gasteiger partial charge in [-0.15, -0.1) is 0 Å². The van der Waals surface area contributed by atoms with Gasteiger partial charge in [0.25, 0.3) is 0 Å². The number of hydrogen-bond donors (Lipinski definition) is 2. The average molecular weight is 237 g/mol. The first-order chi connectivity index (χ1) is 8.16. The van der Waals surface area contributed by atoms with Gasteiger partial charge in [-0.3, -0.25) is 9.89 Å². The minimum absolute atomic E-state index is 0.105. The highest BCUT2D eigenvalue weighted by Gasteiger charge is 2.24. The predicted octanol–water partition coefficient (Wildman–Crippen LogP) is 0.0711. The van der Waals surface area contributed by atoms with E-state index in [2.05, 4.69) is 20.5 Å². The minimum atomic E-state index is 0.105. The van der Waals surface area contributed by atoms with Crippen molar-refractivity contribution in [1.29, 1.82) is 0 Å². The van der Waals surface area contributed by atoms with Gasteiger partial charge in [0, 0.05) is 13.6 Å². The Morgan fingerprint density at radius 2 is 2.41 bits per heavy atom. The molecular formula is C11H19N5O. The van der Waals surface area contributed by atoms with Crippen molar-refractivity contribution in [2.24, 2.45) is 5.92 Å². The van der Waals surface area contributed by atoms with Crippen LogP contribution >= 0.6 is 0 Å². The number of carbonyl (C=O) groups excluding carboxylic acids is 1. The Morgan fingerprint density at radius 3 is 3.00 bits per heavy atom. The molecule has 1 saturated heterocycles. The molecular weight excluding hydrogens is 218 g/mol. The van der Waals surface area contributed by atoms with Crippen LogP contribution in [0.4, 0.5) is 0 Å². The Kier molecular flexibility index (Phi) is 3.73. The summed E-state index contributed by atoms with van der Waals surface area (Å²) in [6.45, 7) is 4.13. The van der Waals surface area contributed by atoms with Gasteiger partial charge in [0.05, 0.1) is 12.5 Å². The van der Waals surface area contributed by atoms with Crippen molar-refractivity contribution in [3.8, 4) is 0 Å². The third kappa shape index (κ3) is 3.03. The second kappa shape index (κ2) is 5.27. The van der Waals surface area contributed by atoms with E-state index in [0.29, 0.717) is 12.4 Å². The molecule has 1 atom stereocenters. The van der Waals surface area contributed by atoms with Crippen molar-refractivity contribution < 1.29 is 4.79 Å². The molecule has 0 bridgehead atoms. The number of aromatic amines is 1. The number of rotatable bonds is 3. The van der Waals surface area contributed by atoms with Crippen LogP contribution < -0.4 is 5.32 Å². The Balaban J connectivity index is 1.90. The summed E-state index contributed by atoms with van der Waals surface area (Å²) in [5.74, 6) is 1.73. The van der Waals surface area contributed by atoms with Gasteiger partial charge < -0.3 is 10.2 Å². The molecule has 0 saturated carbocycles. The van der Waals surface area contributed by atoms with Crippen LogP contribution in [0.15, 0.2) is 0 Å². The van der Waals surface area contributed by atoms with E-state index >= 15 is 0 Å². The van der Waals surface area contributed by atoms with Gasteiger partial charge in [-0.25, -0.2) is 4.98 Å². The fourth-order valence-corrected chi connectivity index (χ4v) is 2.12. The molecule has 6 heteroatoms. The average Bonchev–Trinajstić information content (AvgIpc) is 2.75. The van der Waals surface area contributed by atoms with Gasteiger partial charge >= 0.3 is 0 Å². The molecule has 0 unspecified atom stereocenters. The van der Waals surface area contributed by atoms with Crippen molar-refractivity contribution in [3.05, 3.63) is 11.6 Å². The second-order valence-corrected chi connectivity index (χ2v) is 4.57. The van der Waals surface area contributed by atoms with Crippen LogP contribution in [0.1, 0.15) is 24.5 Å². The number of carbonyl (C=O) groups is 1. The van der Waals surface area contributed by atoms with E-state index in [0.717, 1.165) is 31.8 Å². The molecule has 2 rings (SSSR count). The Morgan fingerprint density at radius 1 is 1.59 bits per heavy atom. The molecule has 1 aliphatic rings. The van der Waals surface area contributed by atoms with Crippen LogP contribution in [0, 0.1) is 12.8 Å². The standard InChI is InChI=1S/C11H19N5O/c1-8-13-10(15-14-8)7-16(2)11(17)9-4-3-5-12-6-9/h9,12H,3-7H2,1-2H3,(H,13,14,15)/t9-/m1/s1. The molecule has 94 valence electrons. The van der Waals surface area contributed by atoms with Crippen LogP contribution in [-0.2, 0) is 11.3 Å². The Labute approximate surface area is 101 Å². The highest BCUT2D eigenvalue weighted by molar-refractivity contribution is 5.78. The van der Waals surface area contributed by atoms with Gasteiger partial charge in [-0.1, -0.05) is 0 Å². The number of aryl methyl sites for hydroxylation is 1. The number of aromatic nitrogens is 3. The van der Waals surface area contributed by atoms with E-state index < -0.39 is 0 Å². The monoisotopic (exact) mass is 237 g/mol. The Hall–Kier alpha value is -1.43. The molecule has 1 aromatic heterocycles. The fourth-order valence-electron chi connectivity index (χ4n) is 2.12. The molecule has 1 amide bonds. The minimum Gasteiger partial charge on any atom is -0.338 e. The third-order valence-corrected chi connectivity index (χ3v) is 3.04. The van der Waals surface area contributed by atoms with E-state index in [1.807, 2.05) is 14.0 Å². The molecule has 0 radical (unpaired) electrons. The summed E-state index contributed by atoms with van der Waals surface area (Å²) in [5, 5.41) is 10.1. The van der Waals surface area contributed by atoms with E-state index in [-0.39, 0.29) is 11.8 Å². The molecule has 0 aliphatic carbocycles. The third-order valence-electron chi connectivity index (χ3n) is 3.04. The summed E-state index contributed by atoms with van der Waals surface area (Å²) in [5.41, 5.74) is 0. The molecule has 2 heterocycles. The zero-order chi connectivity index (χ0) is 12.3. The van der Waals surface area contributed by atoms with Gasteiger partial charge in [0.2, 0.25) is 5.91 Å². The van der Waals surface area contributed by atoms with Gasteiger partial charge in [-0.05, 0) is 26.3 Å². The number of amides is 1. The van der Waals surface area contributed by atoms with Gasteiger partial charge in [-0.2, -0.15) is 5.10 Å². The van der Waals surface area contributed by atoms with Crippen molar-refractivity contribution in [1.82, 2.24) is 25.4 Å². The maximum Gasteiger partial charge on any atom is 0.227 e. The lowest BCUT2D eigenvalue weighted by atomic mass is 9.98. The molecule has 1 aliphatic heterocycles. The predicted molar refractivity (Wildman–Crippen MR) is 63.2 cm³/mol. The first-order valence-corrected chi connectivity index (χ1v) is 6.00. The van der Waals surface area contributed by atoms with E-state index in [1.54, 1.807) is 4.90 Å². The normalized spacial score (nSPS) is 20.2. The number of nitrogens with one attached hydrogen (secondary N) is 2. The van der Waals surface area contributed by atoms with E-state index in [9.17, 15) is 4.79 Å². The second-order valence-electron chi connectivity index (χ2n) is 4.57. The smallest absolute Gasteiger partial charge is 0.227 e. The molecule has 2 N–H and O–H groups in total. The SMILES string of the molecule is Cc1nc(CN(C)C(=O)[C@@H]2CCCNC2)n[nH]1. The first kappa shape index (κ1) is 12.0. The van der Waals surface area contributed by atoms with Crippen molar-refractivity contribution >= 4 is 5.91 Å². The molecule has 1 fully saturated rings. The number of nitrogens with zero attached hydrogens (tertiary/aromatic N) is 3. The van der Waals surface area contributed by atoms with Crippen LogP contribution in [-0.4, -0.2) is 46.1 Å². The zero-order valence-corrected chi connectivity index (χ0v) is 10.4. The van der Waals surface area contributed by atoms with Crippen molar-refractivity contribution in [2.45, 2.75) is 26.3 Å². The molecule has 1 aromatic rings. The summed E-state index contributed by atoms with van der Waals surface area (Å²) >= 11 is 0. The molecule has 0 spiro atoms. The summed E-state index contributed by atoms with van der Waals surface area (Å²) < 4.78 is 0. The quantitative estimate of drug-likeness (QED) is 0.780. The van der Waals surface area contributed by atoms with E-state index in [4.69, 9.17) is 0 Å². The van der Waals surface area contributed by atoms with Gasteiger partial charge in [0.1, 0.15) is 5.82 Å². The van der Waals surface area contributed by atoms with E-state index in [1.165, 1.54) is 0 Å². The summed E-state index contributed by atoms with van der Waals surface area (Å²) in [7, 11) is 1.81. The molecule has 6 nitrogen and oxygen atoms in total. The maximum absolute atomic E-state index is 12.1. The summed E-state index contributed by atoms with van der Waals surface area (Å²) in [6, 6.07) is 0. The van der Waals surface area contributed by atoms with Crippen molar-refractivity contribution in [2.75, 3.05) is 20.1 Å². The van der Waals surface area contributed by atoms with Crippen LogP contribution in [0.3, 0.4) is 0 Å². The summed E-state index contributed by atoms with van der Waals surface area (Å²) in [4.78, 5) is 18.0. The summed E-state index contributed by atoms with van der Waals surface area (Å²) in [6.07, 6.45) is 2.05. The highest BCUT2D eigenvalue weighted by Crippen LogP contribution is 2.13. The number of hydrogen-bond acceptors (Lipinski definition) is 4. The maximum atomic E-state index is 12.1. The zero-order valence-electron chi connectivity index (χ0n) is 10.4. The van der Waals surface area contributed by atoms with Crippen LogP contribution in [0.25, 0.3) is 0 Å². The Bertz CT molecular complexity index is 383. The largest absolute Gasteiger partial charge is 0.338 e. The number of piperidine rings is 1. The molecule has 0 aromatic carbocycles.